The molecule has 1 saturated heterocycles. The van der Waals surface area contributed by atoms with Crippen LogP contribution in [0.5, 0.6) is 0 Å². The van der Waals surface area contributed by atoms with E-state index in [9.17, 15) is 14.0 Å². The summed E-state index contributed by atoms with van der Waals surface area (Å²) in [5.74, 6) is 0.727. The molecular formula is C34H44FN3O4. The third-order valence-electron chi connectivity index (χ3n) is 7.71. The molecule has 2 heterocycles. The Morgan fingerprint density at radius 2 is 1.57 bits per heavy atom. The number of morpholine rings is 1. The summed E-state index contributed by atoms with van der Waals surface area (Å²) in [6.07, 6.45) is 5.79. The molecule has 7 nitrogen and oxygen atoms in total. The Hall–Kier alpha value is -3.49. The summed E-state index contributed by atoms with van der Waals surface area (Å²) in [6, 6.07) is 17.7. The van der Waals surface area contributed by atoms with Gasteiger partial charge in [-0.2, -0.15) is 0 Å². The van der Waals surface area contributed by atoms with Crippen LogP contribution in [-0.4, -0.2) is 72.5 Å². The first kappa shape index (κ1) is 31.4. The number of nitrogens with zero attached hydrogens (tertiary/aromatic N) is 3. The lowest BCUT2D eigenvalue weighted by molar-refractivity contribution is -0.133. The van der Waals surface area contributed by atoms with Crippen LogP contribution in [0.3, 0.4) is 0 Å². The molecule has 2 amide bonds. The number of rotatable bonds is 15. The van der Waals surface area contributed by atoms with E-state index < -0.39 is 0 Å². The van der Waals surface area contributed by atoms with Crippen molar-refractivity contribution in [3.8, 4) is 0 Å². The summed E-state index contributed by atoms with van der Waals surface area (Å²) in [7, 11) is 0. The van der Waals surface area contributed by atoms with Crippen molar-refractivity contribution in [2.45, 2.75) is 59.0 Å². The first-order valence-corrected chi connectivity index (χ1v) is 15.2. The van der Waals surface area contributed by atoms with Gasteiger partial charge in [0.25, 0.3) is 5.91 Å². The molecular weight excluding hydrogens is 533 g/mol. The minimum atomic E-state index is -0.329. The largest absolute Gasteiger partial charge is 0.464 e. The van der Waals surface area contributed by atoms with E-state index in [2.05, 4.69) is 11.8 Å². The number of aryl methyl sites for hydroxylation is 2. The van der Waals surface area contributed by atoms with Crippen molar-refractivity contribution in [3.63, 3.8) is 0 Å². The normalized spacial score (nSPS) is 13.7. The van der Waals surface area contributed by atoms with Gasteiger partial charge >= 0.3 is 0 Å². The number of carbonyl (C=O) groups is 2. The van der Waals surface area contributed by atoms with E-state index in [0.717, 1.165) is 37.3 Å². The molecule has 8 heteroatoms. The average Bonchev–Trinajstić information content (AvgIpc) is 3.43. The third kappa shape index (κ3) is 9.81. The number of amides is 2. The van der Waals surface area contributed by atoms with Gasteiger partial charge in [-0.1, -0.05) is 50.5 Å². The fourth-order valence-electron chi connectivity index (χ4n) is 5.16. The van der Waals surface area contributed by atoms with Gasteiger partial charge in [0.15, 0.2) is 0 Å². The van der Waals surface area contributed by atoms with E-state index in [0.29, 0.717) is 37.6 Å². The van der Waals surface area contributed by atoms with E-state index in [-0.39, 0.29) is 37.3 Å². The first-order valence-electron chi connectivity index (χ1n) is 15.2. The first-order chi connectivity index (χ1) is 20.4. The van der Waals surface area contributed by atoms with Crippen LogP contribution in [0.25, 0.3) is 0 Å². The van der Waals surface area contributed by atoms with E-state index in [1.165, 1.54) is 37.0 Å². The van der Waals surface area contributed by atoms with Crippen molar-refractivity contribution < 1.29 is 23.1 Å². The van der Waals surface area contributed by atoms with Gasteiger partial charge in [0, 0.05) is 38.3 Å². The van der Waals surface area contributed by atoms with Crippen LogP contribution >= 0.6 is 0 Å². The zero-order valence-corrected chi connectivity index (χ0v) is 25.0. The number of ether oxygens (including phenoxy) is 1. The van der Waals surface area contributed by atoms with Gasteiger partial charge in [-0.05, 0) is 67.3 Å². The highest BCUT2D eigenvalue weighted by molar-refractivity contribution is 5.96. The van der Waals surface area contributed by atoms with Crippen molar-refractivity contribution in [2.24, 2.45) is 0 Å². The topological polar surface area (TPSA) is 66.2 Å². The number of carbonyl (C=O) groups excluding carboxylic acids is 2. The third-order valence-corrected chi connectivity index (χ3v) is 7.71. The van der Waals surface area contributed by atoms with Gasteiger partial charge in [-0.15, -0.1) is 0 Å². The predicted octanol–water partition coefficient (Wildman–Crippen LogP) is 5.85. The molecule has 0 unspecified atom stereocenters. The second-order valence-corrected chi connectivity index (χ2v) is 11.1. The number of hydrogen-bond donors (Lipinski definition) is 0. The number of furan rings is 1. The van der Waals surface area contributed by atoms with E-state index >= 15 is 0 Å². The van der Waals surface area contributed by atoms with E-state index in [1.54, 1.807) is 21.9 Å². The molecule has 42 heavy (non-hydrogen) atoms. The van der Waals surface area contributed by atoms with E-state index in [1.807, 2.05) is 43.3 Å². The number of benzene rings is 2. The van der Waals surface area contributed by atoms with Gasteiger partial charge in [0.2, 0.25) is 5.91 Å². The molecule has 0 spiro atoms. The van der Waals surface area contributed by atoms with Crippen LogP contribution in [0.2, 0.25) is 0 Å². The smallest absolute Gasteiger partial charge is 0.254 e. The Morgan fingerprint density at radius 3 is 2.24 bits per heavy atom. The van der Waals surface area contributed by atoms with Crippen molar-refractivity contribution in [1.29, 1.82) is 0 Å². The Labute approximate surface area is 249 Å². The molecule has 1 aromatic heterocycles. The van der Waals surface area contributed by atoms with Crippen molar-refractivity contribution in [3.05, 3.63) is 94.7 Å². The van der Waals surface area contributed by atoms with Gasteiger partial charge < -0.3 is 19.0 Å². The van der Waals surface area contributed by atoms with Crippen LogP contribution in [0.15, 0.2) is 65.1 Å². The Kier molecular flexibility index (Phi) is 12.1. The van der Waals surface area contributed by atoms with Crippen molar-refractivity contribution >= 4 is 11.8 Å². The highest BCUT2D eigenvalue weighted by Crippen LogP contribution is 2.16. The minimum Gasteiger partial charge on any atom is -0.464 e. The fraction of sp³-hybridized carbons (Fsp3) is 0.471. The summed E-state index contributed by atoms with van der Waals surface area (Å²) in [5, 5.41) is 0. The van der Waals surface area contributed by atoms with Gasteiger partial charge in [-0.3, -0.25) is 14.5 Å². The van der Waals surface area contributed by atoms with Gasteiger partial charge in [0.05, 0.1) is 19.8 Å². The molecule has 0 atom stereocenters. The molecule has 1 aliphatic rings. The standard InChI is InChI=1S/C34H44FN3O4/c1-3-4-5-6-7-28-9-13-30(14-10-28)34(40)37(19-18-36-20-22-41-23-21-36)26-33(39)38(25-32-17-8-27(2)42-32)24-29-11-15-31(35)16-12-29/h8-17H,3-7,18-26H2,1-2H3. The number of halogens is 1. The maximum absolute atomic E-state index is 13.8. The van der Waals surface area contributed by atoms with Crippen LogP contribution in [0.1, 0.15) is 65.6 Å². The lowest BCUT2D eigenvalue weighted by Gasteiger charge is -2.31. The molecule has 0 aliphatic carbocycles. The maximum Gasteiger partial charge on any atom is 0.254 e. The molecule has 0 radical (unpaired) electrons. The molecule has 0 N–H and O–H groups in total. The highest BCUT2D eigenvalue weighted by atomic mass is 19.1. The second kappa shape index (κ2) is 16.2. The summed E-state index contributed by atoms with van der Waals surface area (Å²) < 4.78 is 24.8. The molecule has 0 bridgehead atoms. The quantitative estimate of drug-likeness (QED) is 0.212. The fourth-order valence-corrected chi connectivity index (χ4v) is 5.16. The summed E-state index contributed by atoms with van der Waals surface area (Å²) >= 11 is 0. The lowest BCUT2D eigenvalue weighted by Crippen LogP contribution is -2.47. The molecule has 0 saturated carbocycles. The Balaban J connectivity index is 1.49. The summed E-state index contributed by atoms with van der Waals surface area (Å²) in [6.45, 7) is 8.55. The van der Waals surface area contributed by atoms with Gasteiger partial charge in [0.1, 0.15) is 23.9 Å². The Morgan fingerprint density at radius 1 is 0.857 bits per heavy atom. The lowest BCUT2D eigenvalue weighted by atomic mass is 10.0. The minimum absolute atomic E-state index is 0.0666. The zero-order valence-electron chi connectivity index (χ0n) is 25.0. The molecule has 1 aliphatic heterocycles. The van der Waals surface area contributed by atoms with E-state index in [4.69, 9.17) is 9.15 Å². The van der Waals surface area contributed by atoms with Gasteiger partial charge in [-0.25, -0.2) is 4.39 Å². The average molecular weight is 578 g/mol. The molecule has 226 valence electrons. The summed E-state index contributed by atoms with van der Waals surface area (Å²) in [5.41, 5.74) is 2.60. The molecule has 1 fully saturated rings. The molecule has 2 aromatic carbocycles. The van der Waals surface area contributed by atoms with Crippen LogP contribution in [0.4, 0.5) is 4.39 Å². The van der Waals surface area contributed by atoms with Crippen LogP contribution in [0, 0.1) is 12.7 Å². The summed E-state index contributed by atoms with van der Waals surface area (Å²) in [4.78, 5) is 33.2. The van der Waals surface area contributed by atoms with Crippen LogP contribution in [-0.2, 0) is 29.0 Å². The predicted molar refractivity (Wildman–Crippen MR) is 162 cm³/mol. The van der Waals surface area contributed by atoms with Crippen molar-refractivity contribution in [1.82, 2.24) is 14.7 Å². The van der Waals surface area contributed by atoms with Crippen LogP contribution < -0.4 is 0 Å². The number of hydrogen-bond acceptors (Lipinski definition) is 5. The molecule has 4 rings (SSSR count). The monoisotopic (exact) mass is 577 g/mol. The maximum atomic E-state index is 13.8. The SMILES string of the molecule is CCCCCCc1ccc(C(=O)N(CCN2CCOCC2)CC(=O)N(Cc2ccc(F)cc2)Cc2ccc(C)o2)cc1. The Bertz CT molecular complexity index is 1250. The highest BCUT2D eigenvalue weighted by Gasteiger charge is 2.24. The molecule has 3 aromatic rings. The number of unbranched alkanes of at least 4 members (excludes halogenated alkanes) is 3. The van der Waals surface area contributed by atoms with Crippen molar-refractivity contribution in [2.75, 3.05) is 45.9 Å². The second-order valence-electron chi connectivity index (χ2n) is 11.1. The zero-order chi connectivity index (χ0) is 29.7.